The molecule has 5 aliphatic carbocycles. The molecule has 68 heteroatoms. The number of hydroxylamine groups is 12. The predicted molar refractivity (Wildman–Crippen MR) is 461 cm³/mol. The van der Waals surface area contributed by atoms with E-state index in [-0.39, 0.29) is 143 Å². The Labute approximate surface area is 815 Å². The van der Waals surface area contributed by atoms with Gasteiger partial charge in [0.15, 0.2) is 34.7 Å². The average molecular weight is 2160 g/mol. The van der Waals surface area contributed by atoms with Gasteiger partial charge in [0.25, 0.3) is 5.92 Å². The summed E-state index contributed by atoms with van der Waals surface area (Å²) in [6.07, 6.45) is 9.60. The summed E-state index contributed by atoms with van der Waals surface area (Å²) in [6.45, 7) is 7.31. The summed E-state index contributed by atoms with van der Waals surface area (Å²) in [5, 5.41) is 18.3. The van der Waals surface area contributed by atoms with Crippen LogP contribution in [0.3, 0.4) is 0 Å². The maximum atomic E-state index is 12.8. The fraction of sp³-hybridized carbons (Fsp3) is 0.760. The maximum Gasteiger partial charge on any atom is 0.418 e. The third kappa shape index (κ3) is 28.5. The second-order valence-corrected chi connectivity index (χ2v) is 43.6. The Morgan fingerprint density at radius 3 is 0.706 bits per heavy atom. The van der Waals surface area contributed by atoms with E-state index in [2.05, 4.69) is 57.6 Å². The number of amides is 18. The van der Waals surface area contributed by atoms with Crippen LogP contribution in [0.5, 0.6) is 0 Å². The molecule has 17 fully saturated rings. The number of Topliss-reactive ketones (excluding diaryl/α,β-unsaturated/α-hetero) is 6. The Hall–Kier alpha value is -10.5. The Morgan fingerprint density at radius 2 is 0.524 bits per heavy atom. The standard InChI is InChI=1S/C14H21N3O7S.2C13H19N3O7S.C12H15F2N3O7S.C12H17N3O7S.C11H17N3O7S/c1-14(2)5-9(14)11(18)6-15-12(19)10-4-3-8-7-16(10)13(20)17(8)24-25(21,22)23;1-7-4-9(7)11(17)5-14-12(18)10-3-2-8-6-15(10)13(19)16(8)23-24(20,21)22;17-11(8-2-1-3-8)6-14-12(18)10-5-4-9-7-15(10)13(19)16(9)23-24(20,21)22;13-12(14)3-7(12)9(18)4-15-10(19)8-2-1-6-5-16(8)11(20)17(6)24-25(21,22)23;16-10(7-1-2-7)5-13-11(17)9-4-3-8-6-14(9)12(18)15(8)22-23(19,20)21;1-2-8(15)5-12-10(16)9-4-3-7-6-13(9)11(17)14(7)21-22(18,19)20/h8-10H,3-7H2,1-2H3,(H,15,19)(H,21,22,23);7-10H,2-6H2,1H3,(H,14,18)(H,20,21,22);8-10H,1-7H2,(H,14,18)(H,20,21,22);6-8H,1-5H2,(H,15,19)(H,21,22,23);7-9H,1-6H2,(H,13,17)(H,19,20,21);7,9H,2-6H2,1H3,(H,12,16)(H,18,19,20)/t8-,9?,10+;7?,8-,9?,10+;9-,10+;6-,7?,8+;8-,9+;7-,9+/m111111/s1. The van der Waals surface area contributed by atoms with Crippen molar-refractivity contribution in [2.24, 2.45) is 40.9 Å². The Balaban J connectivity index is 0.000000153. The molecule has 12 N–H and O–H groups in total. The van der Waals surface area contributed by atoms with Crippen LogP contribution in [-0.2, 0) is 146 Å². The molecule has 800 valence electrons. The molecule has 143 heavy (non-hydrogen) atoms. The van der Waals surface area contributed by atoms with Gasteiger partial charge in [-0.15, -0.1) is 25.7 Å². The molecule has 12 aliphatic heterocycles. The van der Waals surface area contributed by atoms with Gasteiger partial charge in [0.05, 0.1) is 81.4 Å². The van der Waals surface area contributed by atoms with Crippen LogP contribution in [0.2, 0.25) is 0 Å². The molecule has 0 aromatic heterocycles. The van der Waals surface area contributed by atoms with E-state index in [0.29, 0.717) is 107 Å². The van der Waals surface area contributed by atoms with E-state index in [0.717, 1.165) is 49.8 Å². The number of hydrogen-bond donors (Lipinski definition) is 12. The first-order chi connectivity index (χ1) is 66.4. The summed E-state index contributed by atoms with van der Waals surface area (Å²) in [5.41, 5.74) is -0.0155. The molecule has 0 aromatic carbocycles. The van der Waals surface area contributed by atoms with E-state index in [1.165, 1.54) is 24.5 Å². The fourth-order valence-electron chi connectivity index (χ4n) is 18.7. The number of ketones is 6. The smallest absolute Gasteiger partial charge is 0.347 e. The van der Waals surface area contributed by atoms with Gasteiger partial charge in [0.1, 0.15) is 36.3 Å². The van der Waals surface area contributed by atoms with E-state index >= 15 is 0 Å². The highest BCUT2D eigenvalue weighted by atomic mass is 32.3. The topological polar surface area (TPSA) is 800 Å². The SMILES string of the molecule is CC1(C)CC1C(=O)CNC(=O)[C@@H]1CC[C@@H]2CN1C(=O)N2OS(=O)(=O)O.CC1CC1C(=O)CNC(=O)[C@@H]1CC[C@@H]2CN1C(=O)N2OS(=O)(=O)O.CCC(=O)CNC(=O)[C@@H]1CC[C@@H]2CN1C(=O)N2OS(=O)(=O)O.O=C(CNC(=O)[C@@H]1CC[C@@H]2CN1C(=O)N2OS(=O)(=O)O)C1CC1.O=C(CNC(=O)[C@@H]1CC[C@@H]2CN1C(=O)N2OS(=O)(=O)O)C1CC1(F)F.O=C(CNC(=O)[C@@H]1CC[C@@H]2CN1C(=O)N2OS(=O)(=O)O)C1CCC1. The number of carbonyl (C=O) groups is 18. The van der Waals surface area contributed by atoms with Crippen molar-refractivity contribution in [2.75, 3.05) is 78.5 Å². The lowest BCUT2D eigenvalue weighted by Crippen LogP contribution is -2.51. The Morgan fingerprint density at radius 1 is 0.322 bits per heavy atom. The zero-order valence-corrected chi connectivity index (χ0v) is 81.6. The van der Waals surface area contributed by atoms with Crippen LogP contribution in [0.25, 0.3) is 0 Å². The summed E-state index contributed by atoms with van der Waals surface area (Å²) >= 11 is 0. The molecule has 17 aliphatic rings. The molecule has 60 nitrogen and oxygen atoms in total. The number of fused-ring (bicyclic) bond motifs is 12. The molecule has 16 atom stereocenters. The Bertz CT molecular complexity index is 5580. The van der Waals surface area contributed by atoms with Crippen molar-refractivity contribution in [3.63, 3.8) is 0 Å². The highest BCUT2D eigenvalue weighted by Gasteiger charge is 2.62. The molecule has 5 saturated carbocycles. The van der Waals surface area contributed by atoms with Crippen molar-refractivity contribution in [1.29, 1.82) is 0 Å². The molecule has 12 saturated heterocycles. The molecular formula is C75H108F2N18O42S6. The Kier molecular flexibility index (Phi) is 34.0. The second-order valence-electron chi connectivity index (χ2n) is 37.6. The lowest BCUT2D eigenvalue weighted by molar-refractivity contribution is -0.130. The summed E-state index contributed by atoms with van der Waals surface area (Å²) < 4.78 is 233. The van der Waals surface area contributed by atoms with Crippen molar-refractivity contribution < 1.29 is 199 Å². The summed E-state index contributed by atoms with van der Waals surface area (Å²) in [4.78, 5) is 223. The van der Waals surface area contributed by atoms with Gasteiger partial charge in [-0.05, 0) is 127 Å². The summed E-state index contributed by atoms with van der Waals surface area (Å²) in [6, 6.07) is -13.2. The number of piperidine rings is 6. The minimum absolute atomic E-state index is 0.00107. The molecule has 12 bridgehead atoms. The zero-order valence-electron chi connectivity index (χ0n) is 76.7. The van der Waals surface area contributed by atoms with Crippen LogP contribution < -0.4 is 31.9 Å². The molecule has 0 aromatic rings. The number of halogens is 2. The van der Waals surface area contributed by atoms with Crippen LogP contribution in [0, 0.1) is 40.9 Å². The van der Waals surface area contributed by atoms with Crippen molar-refractivity contribution in [1.82, 2.24) is 91.7 Å². The monoisotopic (exact) mass is 2160 g/mol. The van der Waals surface area contributed by atoms with E-state index < -0.39 is 237 Å². The number of rotatable bonds is 36. The predicted octanol–water partition coefficient (Wildman–Crippen LogP) is -3.97. The van der Waals surface area contributed by atoms with Gasteiger partial charge >= 0.3 is 98.6 Å². The highest BCUT2D eigenvalue weighted by Crippen LogP contribution is 2.52. The lowest BCUT2D eigenvalue weighted by atomic mass is 9.82. The normalized spacial score (nSPS) is 28.7. The minimum atomic E-state index is -4.89. The minimum Gasteiger partial charge on any atom is -0.347 e. The molecular weight excluding hydrogens is 2060 g/mol. The van der Waals surface area contributed by atoms with E-state index in [1.54, 1.807) is 6.92 Å². The van der Waals surface area contributed by atoms with Crippen LogP contribution in [0.1, 0.15) is 163 Å². The van der Waals surface area contributed by atoms with Crippen LogP contribution in [-0.4, -0.2) is 401 Å². The van der Waals surface area contributed by atoms with Gasteiger partial charge in [0.2, 0.25) is 35.4 Å². The van der Waals surface area contributed by atoms with Gasteiger partial charge in [-0.25, -0.2) is 37.5 Å². The lowest BCUT2D eigenvalue weighted by Gasteiger charge is -2.29. The maximum absolute atomic E-state index is 12.8. The molecule has 0 spiro atoms. The zero-order chi connectivity index (χ0) is 106. The van der Waals surface area contributed by atoms with E-state index in [1.807, 2.05) is 20.8 Å². The van der Waals surface area contributed by atoms with Crippen molar-refractivity contribution in [3.05, 3.63) is 0 Å². The average Bonchev–Trinajstić information content (AvgIpc) is 1.64. The van der Waals surface area contributed by atoms with Crippen LogP contribution >= 0.6 is 0 Å². The molecule has 4 unspecified atom stereocenters. The third-order valence-electron chi connectivity index (χ3n) is 27.1. The number of hydrogen-bond acceptors (Lipinski definition) is 36. The first-order valence-corrected chi connectivity index (χ1v) is 53.4. The number of urea groups is 6. The van der Waals surface area contributed by atoms with E-state index in [9.17, 15) is 146 Å². The molecule has 17 rings (SSSR count). The van der Waals surface area contributed by atoms with Crippen molar-refractivity contribution in [3.8, 4) is 0 Å². The van der Waals surface area contributed by atoms with Gasteiger partial charge < -0.3 is 61.3 Å². The van der Waals surface area contributed by atoms with Crippen molar-refractivity contribution >= 4 is 169 Å². The largest absolute Gasteiger partial charge is 0.418 e. The van der Waals surface area contributed by atoms with E-state index in [4.69, 9.17) is 27.3 Å². The van der Waals surface area contributed by atoms with Gasteiger partial charge in [0, 0.05) is 75.8 Å². The summed E-state index contributed by atoms with van der Waals surface area (Å²) in [5.74, 6) is -7.96. The third-order valence-corrected chi connectivity index (χ3v) is 29.2. The van der Waals surface area contributed by atoms with Gasteiger partial charge in [-0.1, -0.05) is 34.1 Å². The molecule has 18 amide bonds. The quantitative estimate of drug-likeness (QED) is 0.0266. The van der Waals surface area contributed by atoms with Crippen molar-refractivity contribution in [2.45, 2.75) is 241 Å². The number of alkyl halides is 2. The number of carbonyl (C=O) groups excluding carboxylic acids is 18. The van der Waals surface area contributed by atoms with Gasteiger partial charge in [-0.2, -0.15) is 80.9 Å². The highest BCUT2D eigenvalue weighted by molar-refractivity contribution is 7.82. The van der Waals surface area contributed by atoms with Gasteiger partial charge in [-0.3, -0.25) is 84.9 Å². The first-order valence-electron chi connectivity index (χ1n) is 45.2. The number of nitrogens with one attached hydrogen (secondary N) is 6. The number of nitrogens with zero attached hydrogens (tertiary/aromatic N) is 12. The van der Waals surface area contributed by atoms with Crippen LogP contribution in [0.15, 0.2) is 0 Å². The molecule has 12 heterocycles. The summed E-state index contributed by atoms with van der Waals surface area (Å²) in [7, 11) is -28.9. The second kappa shape index (κ2) is 43.7. The first kappa shape index (κ1) is 111. The van der Waals surface area contributed by atoms with Crippen LogP contribution in [0.4, 0.5) is 37.5 Å². The fourth-order valence-corrected chi connectivity index (χ4v) is 21.0. The molecule has 0 radical (unpaired) electrons.